The fourth-order valence-electron chi connectivity index (χ4n) is 2.82. The Morgan fingerprint density at radius 2 is 1.81 bits per heavy atom. The smallest absolute Gasteiger partial charge is 0.280 e. The van der Waals surface area contributed by atoms with E-state index >= 15 is 0 Å². The number of likely N-dealkylation sites (N-methyl/N-ethyl adjacent to an activating group) is 1. The number of carbonyl (C=O) groups is 3. The van der Waals surface area contributed by atoms with E-state index in [4.69, 9.17) is 10.5 Å². The van der Waals surface area contributed by atoms with Crippen LogP contribution in [0.15, 0.2) is 48.5 Å². The second kappa shape index (κ2) is 6.51. The summed E-state index contributed by atoms with van der Waals surface area (Å²) in [6.07, 6.45) is 0. The molecular weight excluding hydrogens is 334 g/mol. The number of anilines is 2. The van der Waals surface area contributed by atoms with Crippen LogP contribution in [0.1, 0.15) is 24.2 Å². The average Bonchev–Trinajstić information content (AvgIpc) is 2.63. The Morgan fingerprint density at radius 3 is 2.42 bits per heavy atom. The van der Waals surface area contributed by atoms with Crippen LogP contribution >= 0.6 is 0 Å². The molecule has 134 valence electrons. The van der Waals surface area contributed by atoms with Crippen LogP contribution in [0.5, 0.6) is 5.75 Å². The monoisotopic (exact) mass is 353 g/mol. The molecule has 0 fully saturated rings. The van der Waals surface area contributed by atoms with Crippen molar-refractivity contribution in [3.8, 4) is 5.75 Å². The van der Waals surface area contributed by atoms with E-state index in [1.165, 1.54) is 24.0 Å². The van der Waals surface area contributed by atoms with Gasteiger partial charge in [-0.25, -0.2) is 0 Å². The van der Waals surface area contributed by atoms with Crippen LogP contribution in [0.25, 0.3) is 0 Å². The van der Waals surface area contributed by atoms with Gasteiger partial charge in [-0.2, -0.15) is 0 Å². The minimum absolute atomic E-state index is 0.324. The first-order valence-electron chi connectivity index (χ1n) is 8.18. The molecule has 3 N–H and O–H groups in total. The Morgan fingerprint density at radius 1 is 1.15 bits per heavy atom. The minimum Gasteiger partial charge on any atom is -0.465 e. The van der Waals surface area contributed by atoms with E-state index in [1.807, 2.05) is 6.92 Å². The SMILES string of the molecule is CCN1C(=O)C(C)(C(=O)Nc2ccc(C(N)=O)cc2)Oc2ccccc21. The van der Waals surface area contributed by atoms with E-state index in [-0.39, 0.29) is 0 Å². The maximum Gasteiger partial charge on any atom is 0.280 e. The summed E-state index contributed by atoms with van der Waals surface area (Å²) in [5.41, 5.74) is 4.89. The van der Waals surface area contributed by atoms with Gasteiger partial charge in [-0.1, -0.05) is 12.1 Å². The van der Waals surface area contributed by atoms with Gasteiger partial charge < -0.3 is 20.7 Å². The Bertz CT molecular complexity index is 879. The molecule has 0 saturated heterocycles. The van der Waals surface area contributed by atoms with Crippen molar-refractivity contribution in [3.63, 3.8) is 0 Å². The quantitative estimate of drug-likeness (QED) is 0.820. The number of fused-ring (bicyclic) bond motifs is 1. The molecule has 0 aromatic heterocycles. The zero-order valence-electron chi connectivity index (χ0n) is 14.5. The van der Waals surface area contributed by atoms with Gasteiger partial charge in [0.1, 0.15) is 5.75 Å². The number of rotatable bonds is 4. The van der Waals surface area contributed by atoms with Crippen molar-refractivity contribution in [1.29, 1.82) is 0 Å². The van der Waals surface area contributed by atoms with Crippen molar-refractivity contribution in [2.75, 3.05) is 16.8 Å². The molecule has 0 spiro atoms. The van der Waals surface area contributed by atoms with Crippen LogP contribution in [0.3, 0.4) is 0 Å². The molecule has 1 unspecified atom stereocenters. The molecular formula is C19H19N3O4. The van der Waals surface area contributed by atoms with Crippen LogP contribution in [-0.4, -0.2) is 29.9 Å². The fraction of sp³-hybridized carbons (Fsp3) is 0.211. The Balaban J connectivity index is 1.88. The molecule has 2 aromatic carbocycles. The van der Waals surface area contributed by atoms with E-state index in [9.17, 15) is 14.4 Å². The van der Waals surface area contributed by atoms with Crippen molar-refractivity contribution in [2.45, 2.75) is 19.4 Å². The Kier molecular flexibility index (Phi) is 4.38. The lowest BCUT2D eigenvalue weighted by atomic mass is 9.99. The lowest BCUT2D eigenvalue weighted by Crippen LogP contribution is -2.60. The zero-order chi connectivity index (χ0) is 18.9. The van der Waals surface area contributed by atoms with Crippen LogP contribution < -0.4 is 20.7 Å². The van der Waals surface area contributed by atoms with Gasteiger partial charge in [0.05, 0.1) is 5.69 Å². The normalized spacial score (nSPS) is 18.7. The van der Waals surface area contributed by atoms with E-state index in [1.54, 1.807) is 36.4 Å². The molecule has 0 aliphatic carbocycles. The van der Waals surface area contributed by atoms with Crippen LogP contribution in [0.4, 0.5) is 11.4 Å². The minimum atomic E-state index is -1.70. The first-order chi connectivity index (χ1) is 12.4. The van der Waals surface area contributed by atoms with Crippen molar-refractivity contribution in [1.82, 2.24) is 0 Å². The number of nitrogens with one attached hydrogen (secondary N) is 1. The third kappa shape index (κ3) is 2.88. The summed E-state index contributed by atoms with van der Waals surface area (Å²) in [7, 11) is 0. The summed E-state index contributed by atoms with van der Waals surface area (Å²) in [5.74, 6) is -1.13. The number of primary amides is 1. The molecule has 0 saturated carbocycles. The first kappa shape index (κ1) is 17.5. The second-order valence-electron chi connectivity index (χ2n) is 6.05. The van der Waals surface area contributed by atoms with E-state index in [0.29, 0.717) is 29.2 Å². The lowest BCUT2D eigenvalue weighted by molar-refractivity contribution is -0.145. The van der Waals surface area contributed by atoms with Gasteiger partial charge in [-0.3, -0.25) is 14.4 Å². The molecule has 7 nitrogen and oxygen atoms in total. The van der Waals surface area contributed by atoms with Gasteiger partial charge in [0.15, 0.2) is 0 Å². The molecule has 26 heavy (non-hydrogen) atoms. The number of amides is 3. The molecule has 1 atom stereocenters. The van der Waals surface area contributed by atoms with Gasteiger partial charge in [0.25, 0.3) is 17.4 Å². The van der Waals surface area contributed by atoms with Crippen molar-refractivity contribution < 1.29 is 19.1 Å². The number of benzene rings is 2. The number of hydrogen-bond donors (Lipinski definition) is 2. The summed E-state index contributed by atoms with van der Waals surface area (Å²) < 4.78 is 5.78. The highest BCUT2D eigenvalue weighted by atomic mass is 16.5. The number of carbonyl (C=O) groups excluding carboxylic acids is 3. The highest BCUT2D eigenvalue weighted by Crippen LogP contribution is 2.37. The van der Waals surface area contributed by atoms with Gasteiger partial charge in [-0.15, -0.1) is 0 Å². The van der Waals surface area contributed by atoms with Gasteiger partial charge in [0.2, 0.25) is 5.91 Å². The number of hydrogen-bond acceptors (Lipinski definition) is 4. The van der Waals surface area contributed by atoms with Gasteiger partial charge in [-0.05, 0) is 50.2 Å². The largest absolute Gasteiger partial charge is 0.465 e. The molecule has 3 amide bonds. The summed E-state index contributed by atoms with van der Waals surface area (Å²) in [6.45, 7) is 3.69. The van der Waals surface area contributed by atoms with Crippen molar-refractivity contribution >= 4 is 29.1 Å². The maximum absolute atomic E-state index is 12.9. The van der Waals surface area contributed by atoms with E-state index in [0.717, 1.165) is 0 Å². The molecule has 1 aliphatic heterocycles. The molecule has 7 heteroatoms. The van der Waals surface area contributed by atoms with E-state index < -0.39 is 23.3 Å². The summed E-state index contributed by atoms with van der Waals surface area (Å²) in [5, 5.41) is 2.66. The van der Waals surface area contributed by atoms with E-state index in [2.05, 4.69) is 5.32 Å². The highest BCUT2D eigenvalue weighted by molar-refractivity contribution is 6.19. The molecule has 1 heterocycles. The topological polar surface area (TPSA) is 102 Å². The van der Waals surface area contributed by atoms with Crippen molar-refractivity contribution in [3.05, 3.63) is 54.1 Å². The third-order valence-corrected chi connectivity index (χ3v) is 4.30. The number of nitrogens with two attached hydrogens (primary N) is 1. The summed E-state index contributed by atoms with van der Waals surface area (Å²) in [6, 6.07) is 13.2. The first-order valence-corrected chi connectivity index (χ1v) is 8.18. The number of para-hydroxylation sites is 2. The molecule has 0 radical (unpaired) electrons. The number of nitrogens with zero attached hydrogens (tertiary/aromatic N) is 1. The lowest BCUT2D eigenvalue weighted by Gasteiger charge is -2.39. The standard InChI is InChI=1S/C19H19N3O4/c1-3-22-14-6-4-5-7-15(14)26-19(2,18(22)25)17(24)21-13-10-8-12(9-11-13)16(20)23/h4-11H,3H2,1-2H3,(H2,20,23)(H,21,24). The third-order valence-electron chi connectivity index (χ3n) is 4.30. The molecule has 2 aromatic rings. The average molecular weight is 353 g/mol. The zero-order valence-corrected chi connectivity index (χ0v) is 14.5. The Hall–Kier alpha value is -3.35. The number of ether oxygens (including phenoxy) is 1. The van der Waals surface area contributed by atoms with Crippen LogP contribution in [-0.2, 0) is 9.59 Å². The molecule has 1 aliphatic rings. The summed E-state index contributed by atoms with van der Waals surface area (Å²) >= 11 is 0. The van der Waals surface area contributed by atoms with Gasteiger partial charge in [0, 0.05) is 17.8 Å². The predicted octanol–water partition coefficient (Wildman–Crippen LogP) is 1.93. The highest BCUT2D eigenvalue weighted by Gasteiger charge is 2.50. The summed E-state index contributed by atoms with van der Waals surface area (Å²) in [4.78, 5) is 38.4. The fourth-order valence-corrected chi connectivity index (χ4v) is 2.82. The van der Waals surface area contributed by atoms with Crippen LogP contribution in [0, 0.1) is 0 Å². The van der Waals surface area contributed by atoms with Crippen molar-refractivity contribution in [2.24, 2.45) is 5.73 Å². The van der Waals surface area contributed by atoms with Crippen LogP contribution in [0.2, 0.25) is 0 Å². The maximum atomic E-state index is 12.9. The predicted molar refractivity (Wildman–Crippen MR) is 97.1 cm³/mol. The second-order valence-corrected chi connectivity index (χ2v) is 6.05. The molecule has 0 bridgehead atoms. The molecule has 3 rings (SSSR count). The van der Waals surface area contributed by atoms with Gasteiger partial charge >= 0.3 is 0 Å². The Labute approximate surface area is 150 Å².